The van der Waals surface area contributed by atoms with Crippen LogP contribution in [0.25, 0.3) is 16.9 Å². The van der Waals surface area contributed by atoms with Gasteiger partial charge in [0.15, 0.2) is 0 Å². The number of rotatable bonds is 3. The normalized spacial score (nSPS) is 11.1. The first kappa shape index (κ1) is 15.0. The standard InChI is InChI=1S/C20H15FN2S/c1-14-5-11-17(12-6-14)24-20-19(15-7-9-16(21)10-8-15)22-18-4-2-3-13-23(18)20/h2-13H,1H3. The second-order valence-electron chi connectivity index (χ2n) is 5.62. The van der Waals surface area contributed by atoms with E-state index in [0.29, 0.717) is 0 Å². The van der Waals surface area contributed by atoms with E-state index in [1.54, 1.807) is 23.9 Å². The van der Waals surface area contributed by atoms with Gasteiger partial charge >= 0.3 is 0 Å². The lowest BCUT2D eigenvalue weighted by molar-refractivity contribution is 0.628. The molecule has 4 heteroatoms. The molecule has 0 atom stereocenters. The summed E-state index contributed by atoms with van der Waals surface area (Å²) in [6.07, 6.45) is 2.01. The molecule has 2 nitrogen and oxygen atoms in total. The maximum absolute atomic E-state index is 13.3. The molecule has 0 saturated carbocycles. The summed E-state index contributed by atoms with van der Waals surface area (Å²) in [4.78, 5) is 5.89. The van der Waals surface area contributed by atoms with E-state index in [1.165, 1.54) is 17.7 Å². The molecule has 0 unspecified atom stereocenters. The number of fused-ring (bicyclic) bond motifs is 1. The molecule has 0 bridgehead atoms. The minimum absolute atomic E-state index is 0.241. The van der Waals surface area contributed by atoms with E-state index in [2.05, 4.69) is 35.6 Å². The van der Waals surface area contributed by atoms with Gasteiger partial charge in [-0.05, 0) is 55.5 Å². The molecule has 0 radical (unpaired) electrons. The van der Waals surface area contributed by atoms with E-state index in [9.17, 15) is 4.39 Å². The highest BCUT2D eigenvalue weighted by Gasteiger charge is 2.15. The monoisotopic (exact) mass is 334 g/mol. The fraction of sp³-hybridized carbons (Fsp3) is 0.0500. The van der Waals surface area contributed by atoms with Gasteiger partial charge in [0.2, 0.25) is 0 Å². The summed E-state index contributed by atoms with van der Waals surface area (Å²) in [5.41, 5.74) is 3.89. The molecule has 0 saturated heterocycles. The molecule has 2 aromatic carbocycles. The summed E-state index contributed by atoms with van der Waals surface area (Å²) in [7, 11) is 0. The number of halogens is 1. The molecule has 2 heterocycles. The van der Waals surface area contributed by atoms with E-state index < -0.39 is 0 Å². The van der Waals surface area contributed by atoms with Crippen LogP contribution in [0.2, 0.25) is 0 Å². The van der Waals surface area contributed by atoms with Crippen molar-refractivity contribution in [2.45, 2.75) is 16.8 Å². The molecular weight excluding hydrogens is 319 g/mol. The minimum atomic E-state index is -0.241. The topological polar surface area (TPSA) is 17.3 Å². The number of hydrogen-bond acceptors (Lipinski definition) is 2. The van der Waals surface area contributed by atoms with Crippen molar-refractivity contribution in [3.8, 4) is 11.3 Å². The number of hydrogen-bond donors (Lipinski definition) is 0. The zero-order chi connectivity index (χ0) is 16.5. The Balaban J connectivity index is 1.86. The molecule has 0 fully saturated rings. The number of benzene rings is 2. The molecule has 0 aliphatic carbocycles. The third kappa shape index (κ3) is 2.81. The van der Waals surface area contributed by atoms with Crippen molar-refractivity contribution >= 4 is 17.4 Å². The third-order valence-corrected chi connectivity index (χ3v) is 4.93. The number of imidazole rings is 1. The minimum Gasteiger partial charge on any atom is -0.294 e. The maximum Gasteiger partial charge on any atom is 0.138 e. The molecule has 4 aromatic rings. The first-order valence-electron chi connectivity index (χ1n) is 7.68. The fourth-order valence-electron chi connectivity index (χ4n) is 2.58. The van der Waals surface area contributed by atoms with Crippen molar-refractivity contribution in [3.63, 3.8) is 0 Å². The number of aryl methyl sites for hydroxylation is 1. The number of aromatic nitrogens is 2. The van der Waals surface area contributed by atoms with Crippen LogP contribution in [-0.4, -0.2) is 9.38 Å². The van der Waals surface area contributed by atoms with E-state index in [1.807, 2.05) is 24.4 Å². The zero-order valence-corrected chi connectivity index (χ0v) is 13.9. The van der Waals surface area contributed by atoms with Crippen molar-refractivity contribution in [1.82, 2.24) is 9.38 Å². The second-order valence-corrected chi connectivity index (χ2v) is 6.68. The van der Waals surface area contributed by atoms with Crippen LogP contribution < -0.4 is 0 Å². The molecule has 118 valence electrons. The van der Waals surface area contributed by atoms with Crippen LogP contribution >= 0.6 is 11.8 Å². The van der Waals surface area contributed by atoms with Gasteiger partial charge in [0.05, 0.1) is 0 Å². The van der Waals surface area contributed by atoms with Crippen molar-refractivity contribution < 1.29 is 4.39 Å². The van der Waals surface area contributed by atoms with E-state index >= 15 is 0 Å². The highest BCUT2D eigenvalue weighted by Crippen LogP contribution is 2.36. The smallest absolute Gasteiger partial charge is 0.138 e. The van der Waals surface area contributed by atoms with Crippen LogP contribution in [0.1, 0.15) is 5.56 Å². The molecule has 0 aliphatic heterocycles. The molecular formula is C20H15FN2S. The Hall–Kier alpha value is -2.59. The Morgan fingerprint density at radius 3 is 2.42 bits per heavy atom. The van der Waals surface area contributed by atoms with Crippen LogP contribution in [0.3, 0.4) is 0 Å². The van der Waals surface area contributed by atoms with Gasteiger partial charge in [-0.25, -0.2) is 9.37 Å². The average Bonchev–Trinajstić information content (AvgIpc) is 2.96. The van der Waals surface area contributed by atoms with Crippen molar-refractivity contribution in [1.29, 1.82) is 0 Å². The van der Waals surface area contributed by atoms with E-state index in [4.69, 9.17) is 4.98 Å². The molecule has 4 rings (SSSR count). The zero-order valence-electron chi connectivity index (χ0n) is 13.1. The van der Waals surface area contributed by atoms with Crippen LogP contribution in [0, 0.1) is 12.7 Å². The lowest BCUT2D eigenvalue weighted by Gasteiger charge is -2.06. The molecule has 2 aromatic heterocycles. The van der Waals surface area contributed by atoms with Crippen molar-refractivity contribution in [3.05, 3.63) is 84.3 Å². The summed E-state index contributed by atoms with van der Waals surface area (Å²) < 4.78 is 15.3. The van der Waals surface area contributed by atoms with E-state index in [0.717, 1.165) is 26.8 Å². The van der Waals surface area contributed by atoms with Crippen LogP contribution in [0.15, 0.2) is 82.8 Å². The van der Waals surface area contributed by atoms with Gasteiger partial charge in [0, 0.05) is 16.7 Å². The lowest BCUT2D eigenvalue weighted by atomic mass is 10.2. The largest absolute Gasteiger partial charge is 0.294 e. The summed E-state index contributed by atoms with van der Waals surface area (Å²) in [5.74, 6) is -0.241. The van der Waals surface area contributed by atoms with Crippen LogP contribution in [0.5, 0.6) is 0 Å². The number of nitrogens with zero attached hydrogens (tertiary/aromatic N) is 2. The summed E-state index contributed by atoms with van der Waals surface area (Å²) in [5, 5.41) is 1.03. The average molecular weight is 334 g/mol. The van der Waals surface area contributed by atoms with Gasteiger partial charge in [0.25, 0.3) is 0 Å². The highest BCUT2D eigenvalue weighted by molar-refractivity contribution is 7.99. The lowest BCUT2D eigenvalue weighted by Crippen LogP contribution is -1.87. The number of pyridine rings is 1. The molecule has 0 amide bonds. The highest BCUT2D eigenvalue weighted by atomic mass is 32.2. The van der Waals surface area contributed by atoms with Crippen LogP contribution in [0.4, 0.5) is 4.39 Å². The molecule has 0 spiro atoms. The maximum atomic E-state index is 13.3. The Morgan fingerprint density at radius 1 is 0.917 bits per heavy atom. The van der Waals surface area contributed by atoms with Gasteiger partial charge in [-0.2, -0.15) is 0 Å². The van der Waals surface area contributed by atoms with Crippen LogP contribution in [-0.2, 0) is 0 Å². The van der Waals surface area contributed by atoms with Gasteiger partial charge in [-0.1, -0.05) is 35.5 Å². The molecule has 24 heavy (non-hydrogen) atoms. The summed E-state index contributed by atoms with van der Waals surface area (Å²) in [6, 6.07) is 20.8. The summed E-state index contributed by atoms with van der Waals surface area (Å²) in [6.45, 7) is 2.08. The first-order chi connectivity index (χ1) is 11.7. The quantitative estimate of drug-likeness (QED) is 0.485. The second kappa shape index (κ2) is 6.13. The Labute approximate surface area is 144 Å². The Bertz CT molecular complexity index is 989. The fourth-order valence-corrected chi connectivity index (χ4v) is 3.59. The van der Waals surface area contributed by atoms with Gasteiger partial charge in [0.1, 0.15) is 22.2 Å². The SMILES string of the molecule is Cc1ccc(Sc2c(-c3ccc(F)cc3)nc3ccccn23)cc1. The predicted molar refractivity (Wildman–Crippen MR) is 95.9 cm³/mol. The van der Waals surface area contributed by atoms with E-state index in [-0.39, 0.29) is 5.82 Å². The van der Waals surface area contributed by atoms with Gasteiger partial charge < -0.3 is 0 Å². The first-order valence-corrected chi connectivity index (χ1v) is 8.50. The molecule has 0 N–H and O–H groups in total. The summed E-state index contributed by atoms with van der Waals surface area (Å²) >= 11 is 1.66. The van der Waals surface area contributed by atoms with Crippen molar-refractivity contribution in [2.75, 3.05) is 0 Å². The Morgan fingerprint density at radius 2 is 1.67 bits per heavy atom. The third-order valence-electron chi connectivity index (χ3n) is 3.84. The van der Waals surface area contributed by atoms with Crippen molar-refractivity contribution in [2.24, 2.45) is 0 Å². The molecule has 0 aliphatic rings. The van der Waals surface area contributed by atoms with Gasteiger partial charge in [-0.3, -0.25) is 4.40 Å². The van der Waals surface area contributed by atoms with Gasteiger partial charge in [-0.15, -0.1) is 0 Å². The Kier molecular flexibility index (Phi) is 3.82. The predicted octanol–water partition coefficient (Wildman–Crippen LogP) is 5.60.